The molecule has 1 saturated carbocycles. The van der Waals surface area contributed by atoms with E-state index >= 15 is 0 Å². The van der Waals surface area contributed by atoms with Gasteiger partial charge >= 0.3 is 0 Å². The Balaban J connectivity index is 2.00. The number of hydrogen-bond donors (Lipinski definition) is 2. The van der Waals surface area contributed by atoms with E-state index in [9.17, 15) is 8.42 Å². The summed E-state index contributed by atoms with van der Waals surface area (Å²) in [6.45, 7) is 0.826. The normalized spacial score (nSPS) is 16.3. The zero-order chi connectivity index (χ0) is 14.6. The summed E-state index contributed by atoms with van der Waals surface area (Å²) in [6.07, 6.45) is 2.35. The summed E-state index contributed by atoms with van der Waals surface area (Å²) in [4.78, 5) is 0.150. The maximum atomic E-state index is 12.1. The second-order valence-corrected chi connectivity index (χ2v) is 6.96. The van der Waals surface area contributed by atoms with Crippen molar-refractivity contribution in [2.45, 2.75) is 17.7 Å². The highest BCUT2D eigenvalue weighted by Crippen LogP contribution is 2.28. The van der Waals surface area contributed by atoms with Gasteiger partial charge in [0.25, 0.3) is 0 Å². The summed E-state index contributed by atoms with van der Waals surface area (Å²) in [6, 6.07) is 6.03. The van der Waals surface area contributed by atoms with Gasteiger partial charge in [-0.2, -0.15) is 0 Å². The monoisotopic (exact) mass is 298 g/mol. The van der Waals surface area contributed by atoms with Crippen LogP contribution in [0.25, 0.3) is 0 Å². The Morgan fingerprint density at radius 2 is 2.20 bits per heavy atom. The molecule has 2 rings (SSSR count). The standard InChI is InChI=1S/C13H18N2O4S/c14-13(15-16)11-2-1-3-12(8-11)20(17,18)7-6-19-9-10-4-5-10/h1-3,8,10,16H,4-7,9H2,(H2,14,15). The third-order valence-corrected chi connectivity index (χ3v) is 4.82. The van der Waals surface area contributed by atoms with E-state index in [1.54, 1.807) is 12.1 Å². The Hall–Kier alpha value is -1.60. The number of rotatable bonds is 7. The van der Waals surface area contributed by atoms with Gasteiger partial charge in [0.2, 0.25) is 0 Å². The van der Waals surface area contributed by atoms with Crippen molar-refractivity contribution in [3.05, 3.63) is 29.8 Å². The van der Waals surface area contributed by atoms with Crippen molar-refractivity contribution < 1.29 is 18.4 Å². The maximum absolute atomic E-state index is 12.1. The molecule has 1 fully saturated rings. The number of hydrogen-bond acceptors (Lipinski definition) is 5. The molecule has 0 spiro atoms. The predicted octanol–water partition coefficient (Wildman–Crippen LogP) is 0.981. The van der Waals surface area contributed by atoms with Crippen molar-refractivity contribution in [2.24, 2.45) is 16.8 Å². The fourth-order valence-corrected chi connectivity index (χ4v) is 2.89. The molecular weight excluding hydrogens is 280 g/mol. The lowest BCUT2D eigenvalue weighted by atomic mass is 10.2. The number of benzene rings is 1. The van der Waals surface area contributed by atoms with Crippen LogP contribution in [0.3, 0.4) is 0 Å². The van der Waals surface area contributed by atoms with Gasteiger partial charge < -0.3 is 15.7 Å². The van der Waals surface area contributed by atoms with Crippen LogP contribution in [0.5, 0.6) is 0 Å². The summed E-state index contributed by atoms with van der Waals surface area (Å²) < 4.78 is 29.6. The molecule has 0 unspecified atom stereocenters. The Kier molecular flexibility index (Phi) is 4.61. The molecule has 1 aromatic rings. The smallest absolute Gasteiger partial charge is 0.180 e. The van der Waals surface area contributed by atoms with E-state index in [1.165, 1.54) is 25.0 Å². The Morgan fingerprint density at radius 1 is 1.45 bits per heavy atom. The Morgan fingerprint density at radius 3 is 2.85 bits per heavy atom. The third-order valence-electron chi connectivity index (χ3n) is 3.14. The molecular formula is C13H18N2O4S. The molecule has 20 heavy (non-hydrogen) atoms. The molecule has 110 valence electrons. The van der Waals surface area contributed by atoms with Gasteiger partial charge in [0.1, 0.15) is 0 Å². The number of nitrogens with two attached hydrogens (primary N) is 1. The molecule has 1 aliphatic carbocycles. The molecule has 6 nitrogen and oxygen atoms in total. The van der Waals surface area contributed by atoms with Crippen molar-refractivity contribution in [3.8, 4) is 0 Å². The molecule has 0 bridgehead atoms. The van der Waals surface area contributed by atoms with Crippen LogP contribution in [-0.4, -0.2) is 38.4 Å². The summed E-state index contributed by atoms with van der Waals surface area (Å²) in [7, 11) is -3.42. The molecule has 7 heteroatoms. The third kappa shape index (κ3) is 3.94. The van der Waals surface area contributed by atoms with Gasteiger partial charge in [0.05, 0.1) is 17.3 Å². The molecule has 0 aliphatic heterocycles. The molecule has 3 N–H and O–H groups in total. The van der Waals surface area contributed by atoms with Gasteiger partial charge in [0, 0.05) is 12.2 Å². The first kappa shape index (κ1) is 14.8. The first-order chi connectivity index (χ1) is 9.53. The second kappa shape index (κ2) is 6.23. The van der Waals surface area contributed by atoms with Gasteiger partial charge in [0.15, 0.2) is 15.7 Å². The van der Waals surface area contributed by atoms with Crippen LogP contribution in [0, 0.1) is 5.92 Å². The van der Waals surface area contributed by atoms with E-state index in [0.717, 1.165) is 0 Å². The maximum Gasteiger partial charge on any atom is 0.180 e. The zero-order valence-electron chi connectivity index (χ0n) is 11.0. The van der Waals surface area contributed by atoms with Gasteiger partial charge in [-0.05, 0) is 30.9 Å². The van der Waals surface area contributed by atoms with Crippen molar-refractivity contribution in [1.82, 2.24) is 0 Å². The zero-order valence-corrected chi connectivity index (χ0v) is 11.8. The average Bonchev–Trinajstić information content (AvgIpc) is 3.27. The van der Waals surface area contributed by atoms with Crippen LogP contribution < -0.4 is 5.73 Å². The lowest BCUT2D eigenvalue weighted by molar-refractivity contribution is 0.138. The van der Waals surface area contributed by atoms with Crippen LogP contribution >= 0.6 is 0 Å². The SMILES string of the molecule is N/C(=N/O)c1cccc(S(=O)(=O)CCOCC2CC2)c1. The minimum Gasteiger partial charge on any atom is -0.409 e. The second-order valence-electron chi connectivity index (χ2n) is 4.85. The quantitative estimate of drug-likeness (QED) is 0.257. The number of oxime groups is 1. The van der Waals surface area contributed by atoms with Gasteiger partial charge in [-0.25, -0.2) is 8.42 Å². The molecule has 0 atom stereocenters. The van der Waals surface area contributed by atoms with E-state index < -0.39 is 9.84 Å². The highest BCUT2D eigenvalue weighted by atomic mass is 32.2. The minimum atomic E-state index is -3.42. The molecule has 0 saturated heterocycles. The molecule has 0 radical (unpaired) electrons. The highest BCUT2D eigenvalue weighted by molar-refractivity contribution is 7.91. The van der Waals surface area contributed by atoms with E-state index in [-0.39, 0.29) is 23.1 Å². The van der Waals surface area contributed by atoms with E-state index in [2.05, 4.69) is 5.16 Å². The Labute approximate surface area is 118 Å². The number of amidine groups is 1. The largest absolute Gasteiger partial charge is 0.409 e. The van der Waals surface area contributed by atoms with E-state index in [0.29, 0.717) is 18.1 Å². The van der Waals surface area contributed by atoms with E-state index in [1.807, 2.05) is 0 Å². The Bertz CT molecular complexity index is 594. The molecule has 0 amide bonds. The lowest BCUT2D eigenvalue weighted by Gasteiger charge is -2.07. The van der Waals surface area contributed by atoms with Crippen molar-refractivity contribution in [2.75, 3.05) is 19.0 Å². The molecule has 1 aromatic carbocycles. The minimum absolute atomic E-state index is 0.0701. The number of ether oxygens (including phenoxy) is 1. The van der Waals surface area contributed by atoms with Crippen molar-refractivity contribution in [1.29, 1.82) is 0 Å². The van der Waals surface area contributed by atoms with Crippen molar-refractivity contribution >= 4 is 15.7 Å². The predicted molar refractivity (Wildman–Crippen MR) is 74.5 cm³/mol. The summed E-state index contributed by atoms with van der Waals surface area (Å²) in [5, 5.41) is 11.5. The number of sulfone groups is 1. The van der Waals surface area contributed by atoms with Gasteiger partial charge in [-0.3, -0.25) is 0 Å². The van der Waals surface area contributed by atoms with Crippen LogP contribution in [0.15, 0.2) is 34.3 Å². The van der Waals surface area contributed by atoms with E-state index in [4.69, 9.17) is 15.7 Å². The summed E-state index contributed by atoms with van der Waals surface area (Å²) in [5.41, 5.74) is 5.82. The first-order valence-electron chi connectivity index (χ1n) is 6.41. The first-order valence-corrected chi connectivity index (χ1v) is 8.06. The fourth-order valence-electron chi connectivity index (χ4n) is 1.73. The lowest BCUT2D eigenvalue weighted by Crippen LogP contribution is -2.16. The van der Waals surface area contributed by atoms with Crippen LogP contribution in [-0.2, 0) is 14.6 Å². The van der Waals surface area contributed by atoms with Gasteiger partial charge in [-0.15, -0.1) is 0 Å². The summed E-state index contributed by atoms with van der Waals surface area (Å²) in [5.74, 6) is 0.424. The van der Waals surface area contributed by atoms with Crippen LogP contribution in [0.2, 0.25) is 0 Å². The average molecular weight is 298 g/mol. The van der Waals surface area contributed by atoms with Crippen molar-refractivity contribution in [3.63, 3.8) is 0 Å². The summed E-state index contributed by atoms with van der Waals surface area (Å²) >= 11 is 0. The highest BCUT2D eigenvalue weighted by Gasteiger charge is 2.22. The van der Waals surface area contributed by atoms with Gasteiger partial charge in [-0.1, -0.05) is 17.3 Å². The molecule has 1 aliphatic rings. The fraction of sp³-hybridized carbons (Fsp3) is 0.462. The molecule has 0 heterocycles. The van der Waals surface area contributed by atoms with Crippen LogP contribution in [0.4, 0.5) is 0 Å². The van der Waals surface area contributed by atoms with Crippen LogP contribution in [0.1, 0.15) is 18.4 Å². The number of nitrogens with zero attached hydrogens (tertiary/aromatic N) is 1. The molecule has 0 aromatic heterocycles. The topological polar surface area (TPSA) is 102 Å².